The fourth-order valence-corrected chi connectivity index (χ4v) is 2.19. The molecule has 0 spiro atoms. The largest absolute Gasteiger partial charge is 0.784 e. The predicted octanol–water partition coefficient (Wildman–Crippen LogP) is 1.98. The number of oxime groups is 2. The maximum atomic E-state index is 12.3. The van der Waals surface area contributed by atoms with E-state index < -0.39 is 11.6 Å². The van der Waals surface area contributed by atoms with Crippen molar-refractivity contribution in [3.63, 3.8) is 0 Å². The van der Waals surface area contributed by atoms with Crippen molar-refractivity contribution in [1.82, 2.24) is 5.06 Å². The highest BCUT2D eigenvalue weighted by Gasteiger charge is 2.46. The lowest BCUT2D eigenvalue weighted by Gasteiger charge is -2.40. The van der Waals surface area contributed by atoms with Crippen LogP contribution in [0.5, 0.6) is 0 Å². The molecule has 1 aromatic rings. The molecule has 0 amide bonds. The van der Waals surface area contributed by atoms with Gasteiger partial charge in [-0.1, -0.05) is 40.6 Å². The van der Waals surface area contributed by atoms with Crippen LogP contribution in [-0.2, 0) is 0 Å². The summed E-state index contributed by atoms with van der Waals surface area (Å²) in [5, 5.41) is 37.4. The number of nitrogens with zero attached hydrogens (tertiary/aromatic N) is 3. The summed E-state index contributed by atoms with van der Waals surface area (Å²) < 4.78 is 0. The molecule has 6 nitrogen and oxygen atoms in total. The molecule has 1 aliphatic heterocycles. The van der Waals surface area contributed by atoms with E-state index in [1.54, 1.807) is 38.1 Å². The van der Waals surface area contributed by atoms with Gasteiger partial charge >= 0.3 is 0 Å². The van der Waals surface area contributed by atoms with E-state index in [0.717, 1.165) is 5.06 Å². The van der Waals surface area contributed by atoms with Crippen LogP contribution >= 0.6 is 0 Å². The molecule has 0 bridgehead atoms. The van der Waals surface area contributed by atoms with Crippen LogP contribution in [0.2, 0.25) is 0 Å². The van der Waals surface area contributed by atoms with Gasteiger partial charge in [0.05, 0.1) is 11.6 Å². The zero-order valence-corrected chi connectivity index (χ0v) is 10.1. The minimum atomic E-state index is -1.04. The lowest BCUT2D eigenvalue weighted by Crippen LogP contribution is -2.40. The van der Waals surface area contributed by atoms with Gasteiger partial charge in [-0.15, -0.1) is 0 Å². The average molecular weight is 248 g/mol. The van der Waals surface area contributed by atoms with Gasteiger partial charge in [-0.3, -0.25) is 0 Å². The van der Waals surface area contributed by atoms with Crippen LogP contribution in [-0.4, -0.2) is 32.4 Å². The molecule has 6 heteroatoms. The Kier molecular flexibility index (Phi) is 3.06. The Morgan fingerprint density at radius 1 is 1.17 bits per heavy atom. The maximum Gasteiger partial charge on any atom is 0.127 e. The van der Waals surface area contributed by atoms with E-state index in [0.29, 0.717) is 5.56 Å². The van der Waals surface area contributed by atoms with Gasteiger partial charge in [0.2, 0.25) is 0 Å². The summed E-state index contributed by atoms with van der Waals surface area (Å²) in [6, 6.07) is 8.17. The molecule has 0 saturated carbocycles. The van der Waals surface area contributed by atoms with Crippen LogP contribution in [0.25, 0.3) is 0 Å². The number of rotatable bonds is 1. The summed E-state index contributed by atoms with van der Waals surface area (Å²) in [7, 11) is 0. The molecule has 1 aromatic carbocycles. The first-order chi connectivity index (χ1) is 8.54. The lowest BCUT2D eigenvalue weighted by atomic mass is 9.98. The van der Waals surface area contributed by atoms with Gasteiger partial charge in [-0.25, -0.2) is 0 Å². The van der Waals surface area contributed by atoms with Crippen molar-refractivity contribution in [1.29, 1.82) is 0 Å². The average Bonchev–Trinajstić information content (AvgIpc) is 2.57. The minimum Gasteiger partial charge on any atom is -0.784 e. The van der Waals surface area contributed by atoms with Gasteiger partial charge in [0, 0.05) is 0 Å². The van der Waals surface area contributed by atoms with Crippen LogP contribution in [0, 0.1) is 5.21 Å². The summed E-state index contributed by atoms with van der Waals surface area (Å²) >= 11 is 0. The first-order valence-corrected chi connectivity index (χ1v) is 5.50. The summed E-state index contributed by atoms with van der Waals surface area (Å²) in [5.74, 6) is 0. The third-order valence-electron chi connectivity index (χ3n) is 3.19. The summed E-state index contributed by atoms with van der Waals surface area (Å²) in [4.78, 5) is 0. The minimum absolute atomic E-state index is 0.0729. The number of hydrogen-bond acceptors (Lipinski definition) is 6. The van der Waals surface area contributed by atoms with Gasteiger partial charge in [-0.05, 0) is 19.4 Å². The van der Waals surface area contributed by atoms with E-state index in [-0.39, 0.29) is 11.4 Å². The third kappa shape index (κ3) is 1.66. The van der Waals surface area contributed by atoms with E-state index in [2.05, 4.69) is 10.3 Å². The highest BCUT2D eigenvalue weighted by molar-refractivity contribution is 6.48. The van der Waals surface area contributed by atoms with Crippen molar-refractivity contribution in [3.8, 4) is 0 Å². The highest BCUT2D eigenvalue weighted by atomic mass is 16.5. The first kappa shape index (κ1) is 12.5. The maximum absolute atomic E-state index is 12.3. The van der Waals surface area contributed by atoms with Crippen molar-refractivity contribution in [3.05, 3.63) is 41.1 Å². The van der Waals surface area contributed by atoms with Crippen LogP contribution in [0.15, 0.2) is 40.6 Å². The monoisotopic (exact) mass is 248 g/mol. The van der Waals surface area contributed by atoms with Gasteiger partial charge in [0.1, 0.15) is 11.4 Å². The molecule has 0 aromatic heterocycles. The molecule has 18 heavy (non-hydrogen) atoms. The van der Waals surface area contributed by atoms with E-state index in [4.69, 9.17) is 10.4 Å². The van der Waals surface area contributed by atoms with Crippen LogP contribution in [0.1, 0.15) is 25.5 Å². The van der Waals surface area contributed by atoms with Gasteiger partial charge in [0.15, 0.2) is 0 Å². The van der Waals surface area contributed by atoms with Crippen LogP contribution in [0.4, 0.5) is 0 Å². The molecular formula is C12H14N3O3-. The van der Waals surface area contributed by atoms with Gasteiger partial charge in [-0.2, -0.15) is 0 Å². The van der Waals surface area contributed by atoms with E-state index in [1.165, 1.54) is 0 Å². The second kappa shape index (κ2) is 4.40. The fraction of sp³-hybridized carbons (Fsp3) is 0.333. The zero-order chi connectivity index (χ0) is 13.3. The summed E-state index contributed by atoms with van der Waals surface area (Å²) in [5.41, 5.74) is -0.207. The lowest BCUT2D eigenvalue weighted by molar-refractivity contribution is 0.240. The Bertz CT molecular complexity index is 497. The number of hydroxylamine groups is 2. The molecule has 1 atom stereocenters. The Balaban J connectivity index is 2.55. The summed E-state index contributed by atoms with van der Waals surface area (Å²) in [6.45, 7) is 3.23. The second-order valence-corrected chi connectivity index (χ2v) is 4.63. The normalized spacial score (nSPS) is 28.1. The van der Waals surface area contributed by atoms with E-state index in [9.17, 15) is 5.21 Å². The molecule has 0 aliphatic carbocycles. The Labute approximate surface area is 104 Å². The molecule has 0 radical (unpaired) electrons. The van der Waals surface area contributed by atoms with Crippen molar-refractivity contribution in [2.24, 2.45) is 10.3 Å². The molecule has 96 valence electrons. The fourth-order valence-electron chi connectivity index (χ4n) is 2.19. The molecule has 1 aliphatic rings. The molecule has 2 N–H and O–H groups in total. The van der Waals surface area contributed by atoms with Crippen molar-refractivity contribution < 1.29 is 10.4 Å². The van der Waals surface area contributed by atoms with Crippen LogP contribution in [0.3, 0.4) is 0 Å². The van der Waals surface area contributed by atoms with Crippen LogP contribution < -0.4 is 0 Å². The van der Waals surface area contributed by atoms with E-state index >= 15 is 0 Å². The molecule has 2 rings (SSSR count). The standard InChI is InChI=1S/C12H14N3O3/c1-12(2)11(14-17)9(13-16)10(15(12)18)8-6-4-3-5-7-8/h3-7,10,16-17H,1-2H3/q-1. The highest BCUT2D eigenvalue weighted by Crippen LogP contribution is 2.37. The van der Waals surface area contributed by atoms with Crippen molar-refractivity contribution in [2.75, 3.05) is 0 Å². The third-order valence-corrected chi connectivity index (χ3v) is 3.19. The Morgan fingerprint density at radius 3 is 2.28 bits per heavy atom. The number of hydrogen-bond donors (Lipinski definition) is 2. The van der Waals surface area contributed by atoms with Gasteiger partial charge in [0.25, 0.3) is 0 Å². The zero-order valence-electron chi connectivity index (χ0n) is 10.1. The molecular weight excluding hydrogens is 234 g/mol. The molecule has 1 saturated heterocycles. The SMILES string of the molecule is CC1(C)C(=NO)C(=NO)C(c2ccccc2)N1[O-]. The number of benzene rings is 1. The second-order valence-electron chi connectivity index (χ2n) is 4.63. The summed E-state index contributed by atoms with van der Waals surface area (Å²) in [6.07, 6.45) is 0. The molecule has 1 fully saturated rings. The van der Waals surface area contributed by atoms with Crippen molar-refractivity contribution >= 4 is 11.4 Å². The van der Waals surface area contributed by atoms with Gasteiger partial charge < -0.3 is 20.7 Å². The molecule has 1 unspecified atom stereocenters. The first-order valence-electron chi connectivity index (χ1n) is 5.50. The van der Waals surface area contributed by atoms with Crippen molar-refractivity contribution in [2.45, 2.75) is 25.4 Å². The Hall–Kier alpha value is -1.92. The Morgan fingerprint density at radius 2 is 1.78 bits per heavy atom. The predicted molar refractivity (Wildman–Crippen MR) is 66.9 cm³/mol. The smallest absolute Gasteiger partial charge is 0.127 e. The molecule has 1 heterocycles. The topological polar surface area (TPSA) is 91.5 Å². The quantitative estimate of drug-likeness (QED) is 0.587. The van der Waals surface area contributed by atoms with E-state index in [1.807, 2.05) is 6.07 Å².